The smallest absolute Gasteiger partial charge is 0.230 e. The lowest BCUT2D eigenvalue weighted by atomic mass is 10.0. The number of nitrogens with one attached hydrogen (secondary N) is 1. The fourth-order valence-corrected chi connectivity index (χ4v) is 3.76. The molecule has 26 heavy (non-hydrogen) atoms. The molecule has 1 aliphatic heterocycles. The normalized spacial score (nSPS) is 16.2. The first-order valence-electron chi connectivity index (χ1n) is 8.75. The standard InChI is InChI=1S/C20H23FN2O2S/c21-17-8-4-5-9-19(17)26-15-20(24)22-14-18(16-6-2-1-3-7-16)23-10-12-25-13-11-23/h1-9,18H,10-15H2,(H,22,24). The van der Waals surface area contributed by atoms with Crippen molar-refractivity contribution in [3.05, 3.63) is 66.0 Å². The fourth-order valence-electron chi connectivity index (χ4n) is 2.99. The Morgan fingerprint density at radius 2 is 1.81 bits per heavy atom. The first-order valence-corrected chi connectivity index (χ1v) is 9.73. The van der Waals surface area contributed by atoms with Crippen LogP contribution in [-0.4, -0.2) is 49.4 Å². The largest absolute Gasteiger partial charge is 0.379 e. The van der Waals surface area contributed by atoms with Gasteiger partial charge < -0.3 is 10.1 Å². The van der Waals surface area contributed by atoms with Crippen LogP contribution in [-0.2, 0) is 9.53 Å². The van der Waals surface area contributed by atoms with Gasteiger partial charge in [0, 0.05) is 24.5 Å². The molecule has 0 aliphatic carbocycles. The summed E-state index contributed by atoms with van der Waals surface area (Å²) in [5.74, 6) is -0.181. The van der Waals surface area contributed by atoms with E-state index in [0.29, 0.717) is 24.7 Å². The molecule has 0 saturated carbocycles. The molecule has 1 aliphatic rings. The average Bonchev–Trinajstić information content (AvgIpc) is 2.69. The molecule has 0 aromatic heterocycles. The number of amides is 1. The molecular formula is C20H23FN2O2S. The van der Waals surface area contributed by atoms with E-state index in [-0.39, 0.29) is 23.5 Å². The van der Waals surface area contributed by atoms with Crippen LogP contribution < -0.4 is 5.32 Å². The highest BCUT2D eigenvalue weighted by atomic mass is 32.2. The van der Waals surface area contributed by atoms with E-state index in [9.17, 15) is 9.18 Å². The van der Waals surface area contributed by atoms with Crippen molar-refractivity contribution in [1.29, 1.82) is 0 Å². The van der Waals surface area contributed by atoms with Gasteiger partial charge in [0.2, 0.25) is 5.91 Å². The summed E-state index contributed by atoms with van der Waals surface area (Å²) in [6.45, 7) is 3.64. The van der Waals surface area contributed by atoms with E-state index in [1.54, 1.807) is 18.2 Å². The third-order valence-corrected chi connectivity index (χ3v) is 5.41. The number of morpholine rings is 1. The van der Waals surface area contributed by atoms with Crippen LogP contribution in [0.5, 0.6) is 0 Å². The van der Waals surface area contributed by atoms with E-state index in [4.69, 9.17) is 4.74 Å². The van der Waals surface area contributed by atoms with Crippen molar-refractivity contribution < 1.29 is 13.9 Å². The Balaban J connectivity index is 1.56. The number of nitrogens with zero attached hydrogens (tertiary/aromatic N) is 1. The summed E-state index contributed by atoms with van der Waals surface area (Å²) in [5, 5.41) is 3.00. The van der Waals surface area contributed by atoms with Gasteiger partial charge >= 0.3 is 0 Å². The highest BCUT2D eigenvalue weighted by Gasteiger charge is 2.23. The molecule has 1 fully saturated rings. The van der Waals surface area contributed by atoms with Crippen LogP contribution in [0.2, 0.25) is 0 Å². The monoisotopic (exact) mass is 374 g/mol. The molecule has 1 unspecified atom stereocenters. The lowest BCUT2D eigenvalue weighted by Gasteiger charge is -2.35. The minimum absolute atomic E-state index is 0.0903. The molecule has 0 radical (unpaired) electrons. The number of rotatable bonds is 7. The first-order chi connectivity index (χ1) is 12.7. The molecule has 1 saturated heterocycles. The van der Waals surface area contributed by atoms with Crippen molar-refractivity contribution in [1.82, 2.24) is 10.2 Å². The predicted molar refractivity (Wildman–Crippen MR) is 102 cm³/mol. The number of hydrogen-bond donors (Lipinski definition) is 1. The molecule has 6 heteroatoms. The number of ether oxygens (including phenoxy) is 1. The van der Waals surface area contributed by atoms with Gasteiger partial charge in [0.1, 0.15) is 5.82 Å². The maximum Gasteiger partial charge on any atom is 0.230 e. The Morgan fingerprint density at radius 3 is 2.54 bits per heavy atom. The Morgan fingerprint density at radius 1 is 1.12 bits per heavy atom. The highest BCUT2D eigenvalue weighted by Crippen LogP contribution is 2.22. The second-order valence-electron chi connectivity index (χ2n) is 6.10. The second-order valence-corrected chi connectivity index (χ2v) is 7.12. The molecule has 1 atom stereocenters. The minimum atomic E-state index is -0.291. The fraction of sp³-hybridized carbons (Fsp3) is 0.350. The summed E-state index contributed by atoms with van der Waals surface area (Å²) in [4.78, 5) is 15.1. The molecule has 3 rings (SSSR count). The van der Waals surface area contributed by atoms with Crippen LogP contribution in [0.4, 0.5) is 4.39 Å². The van der Waals surface area contributed by atoms with Gasteiger partial charge in [-0.25, -0.2) is 4.39 Å². The zero-order valence-corrected chi connectivity index (χ0v) is 15.4. The van der Waals surface area contributed by atoms with Gasteiger partial charge in [-0.15, -0.1) is 11.8 Å². The van der Waals surface area contributed by atoms with Gasteiger partial charge in [-0.2, -0.15) is 0 Å². The van der Waals surface area contributed by atoms with Crippen LogP contribution in [0, 0.1) is 5.82 Å². The molecule has 2 aromatic carbocycles. The zero-order chi connectivity index (χ0) is 18.2. The van der Waals surface area contributed by atoms with Gasteiger partial charge in [-0.3, -0.25) is 9.69 Å². The molecule has 138 valence electrons. The van der Waals surface area contributed by atoms with Crippen molar-refractivity contribution in [2.24, 2.45) is 0 Å². The second kappa shape index (κ2) is 9.71. The topological polar surface area (TPSA) is 41.6 Å². The summed E-state index contributed by atoms with van der Waals surface area (Å²) >= 11 is 1.22. The molecule has 1 heterocycles. The predicted octanol–water partition coefficient (Wildman–Crippen LogP) is 3.11. The summed E-state index contributed by atoms with van der Waals surface area (Å²) in [6, 6.07) is 16.8. The van der Waals surface area contributed by atoms with Gasteiger partial charge in [0.15, 0.2) is 0 Å². The number of benzene rings is 2. The van der Waals surface area contributed by atoms with E-state index in [0.717, 1.165) is 13.1 Å². The van der Waals surface area contributed by atoms with E-state index >= 15 is 0 Å². The van der Waals surface area contributed by atoms with Crippen molar-refractivity contribution in [2.45, 2.75) is 10.9 Å². The van der Waals surface area contributed by atoms with Crippen LogP contribution in [0.1, 0.15) is 11.6 Å². The van der Waals surface area contributed by atoms with Gasteiger partial charge in [-0.1, -0.05) is 42.5 Å². The van der Waals surface area contributed by atoms with Crippen molar-refractivity contribution >= 4 is 17.7 Å². The number of hydrogen-bond acceptors (Lipinski definition) is 4. The average molecular weight is 374 g/mol. The molecule has 0 spiro atoms. The Hall–Kier alpha value is -1.89. The third kappa shape index (κ3) is 5.30. The van der Waals surface area contributed by atoms with Gasteiger partial charge in [-0.05, 0) is 17.7 Å². The first kappa shape index (κ1) is 18.9. The maximum atomic E-state index is 13.6. The molecule has 0 bridgehead atoms. The quantitative estimate of drug-likeness (QED) is 0.756. The zero-order valence-electron chi connectivity index (χ0n) is 14.6. The van der Waals surface area contributed by atoms with Crippen LogP contribution in [0.3, 0.4) is 0 Å². The summed E-state index contributed by atoms with van der Waals surface area (Å²) in [7, 11) is 0. The molecule has 2 aromatic rings. The summed E-state index contributed by atoms with van der Waals surface area (Å²) in [6.07, 6.45) is 0. The van der Waals surface area contributed by atoms with E-state index in [2.05, 4.69) is 22.3 Å². The number of halogens is 1. The molecule has 1 N–H and O–H groups in total. The van der Waals surface area contributed by atoms with E-state index in [1.807, 2.05) is 18.2 Å². The van der Waals surface area contributed by atoms with Crippen LogP contribution >= 0.6 is 11.8 Å². The SMILES string of the molecule is O=C(CSc1ccccc1F)NCC(c1ccccc1)N1CCOCC1. The van der Waals surface area contributed by atoms with E-state index in [1.165, 1.54) is 23.4 Å². The summed E-state index contributed by atoms with van der Waals surface area (Å²) in [5.41, 5.74) is 1.18. The van der Waals surface area contributed by atoms with Crippen LogP contribution in [0.15, 0.2) is 59.5 Å². The minimum Gasteiger partial charge on any atom is -0.379 e. The highest BCUT2D eigenvalue weighted by molar-refractivity contribution is 8.00. The Bertz CT molecular complexity index is 708. The molecule has 1 amide bonds. The molecule has 4 nitrogen and oxygen atoms in total. The van der Waals surface area contributed by atoms with Gasteiger partial charge in [0.05, 0.1) is 25.0 Å². The Labute approximate surface area is 157 Å². The Kier molecular flexibility index (Phi) is 7.05. The van der Waals surface area contributed by atoms with Gasteiger partial charge in [0.25, 0.3) is 0 Å². The number of thioether (sulfide) groups is 1. The number of carbonyl (C=O) groups is 1. The van der Waals surface area contributed by atoms with Crippen molar-refractivity contribution in [3.8, 4) is 0 Å². The van der Waals surface area contributed by atoms with E-state index < -0.39 is 0 Å². The lowest BCUT2D eigenvalue weighted by Crippen LogP contribution is -2.44. The summed E-state index contributed by atoms with van der Waals surface area (Å²) < 4.78 is 19.1. The lowest BCUT2D eigenvalue weighted by molar-refractivity contribution is -0.118. The number of carbonyl (C=O) groups excluding carboxylic acids is 1. The van der Waals surface area contributed by atoms with Crippen LogP contribution in [0.25, 0.3) is 0 Å². The maximum absolute atomic E-state index is 13.6. The third-order valence-electron chi connectivity index (χ3n) is 4.36. The van der Waals surface area contributed by atoms with Crippen molar-refractivity contribution in [2.75, 3.05) is 38.6 Å². The molecular weight excluding hydrogens is 351 g/mol. The van der Waals surface area contributed by atoms with Crippen molar-refractivity contribution in [3.63, 3.8) is 0 Å².